The van der Waals surface area contributed by atoms with Crippen LogP contribution in [0.5, 0.6) is 0 Å². The highest BCUT2D eigenvalue weighted by atomic mass is 16.6. The number of oxime groups is 1. The monoisotopic (exact) mass is 532 g/mol. The molecular weight excluding hydrogens is 492 g/mol. The van der Waals surface area contributed by atoms with Gasteiger partial charge in [0.2, 0.25) is 0 Å². The number of aliphatic hydroxyl groups excluding tert-OH is 2. The SMILES string of the molecule is C[C@]12CC/C(=N/OCC(=O)N3CCC[C@H]3C(=O)O)C=C1CC[C@H]1[C@@H]2[C@H](O)C[C@@]2(C)[C@@H]1CC[C@]2(O)C(=O)CO. The number of hydrogen-bond acceptors (Lipinski definition) is 8. The minimum atomic E-state index is -1.60. The van der Waals surface area contributed by atoms with Gasteiger partial charge in [0.15, 0.2) is 12.4 Å². The molecule has 210 valence electrons. The number of carbonyl (C=O) groups excluding carboxylic acids is 2. The number of rotatable bonds is 6. The van der Waals surface area contributed by atoms with E-state index in [0.717, 1.165) is 25.0 Å². The van der Waals surface area contributed by atoms with Crippen LogP contribution in [0.25, 0.3) is 0 Å². The molecule has 0 aromatic heterocycles. The molecule has 38 heavy (non-hydrogen) atoms. The van der Waals surface area contributed by atoms with Crippen LogP contribution in [0.3, 0.4) is 0 Å². The van der Waals surface area contributed by atoms with Gasteiger partial charge in [-0.3, -0.25) is 9.59 Å². The molecule has 10 heteroatoms. The lowest BCUT2D eigenvalue weighted by Gasteiger charge is -2.60. The summed E-state index contributed by atoms with van der Waals surface area (Å²) < 4.78 is 0. The van der Waals surface area contributed by atoms with Crippen molar-refractivity contribution in [1.29, 1.82) is 0 Å². The number of nitrogens with zero attached hydrogens (tertiary/aromatic N) is 2. The summed E-state index contributed by atoms with van der Waals surface area (Å²) in [6, 6.07) is -0.798. The van der Waals surface area contributed by atoms with Gasteiger partial charge in [-0.15, -0.1) is 0 Å². The van der Waals surface area contributed by atoms with Crippen LogP contribution in [0, 0.1) is 28.6 Å². The average Bonchev–Trinajstić information content (AvgIpc) is 3.47. The third-order valence-electron chi connectivity index (χ3n) is 10.9. The molecular formula is C28H40N2O8. The van der Waals surface area contributed by atoms with Gasteiger partial charge in [0.25, 0.3) is 5.91 Å². The van der Waals surface area contributed by atoms with Crippen LogP contribution in [0.4, 0.5) is 0 Å². The highest BCUT2D eigenvalue weighted by Gasteiger charge is 2.68. The third kappa shape index (κ3) is 4.02. The van der Waals surface area contributed by atoms with Crippen LogP contribution < -0.4 is 0 Å². The number of carboxylic acids is 1. The number of allylic oxidation sites excluding steroid dienone is 2. The number of ketones is 1. The lowest BCUT2D eigenvalue weighted by atomic mass is 9.45. The second-order valence-corrected chi connectivity index (χ2v) is 12.5. The van der Waals surface area contributed by atoms with Crippen molar-refractivity contribution in [2.45, 2.75) is 89.4 Å². The number of Topliss-reactive ketones (excluding diaryl/α,β-unsaturated/α-hetero) is 1. The molecule has 10 nitrogen and oxygen atoms in total. The second-order valence-electron chi connectivity index (χ2n) is 12.5. The molecule has 0 radical (unpaired) electrons. The summed E-state index contributed by atoms with van der Waals surface area (Å²) in [6.07, 6.45) is 6.85. The number of aliphatic carboxylic acids is 1. The van der Waals surface area contributed by atoms with Crippen molar-refractivity contribution in [3.8, 4) is 0 Å². The Morgan fingerprint density at radius 2 is 1.92 bits per heavy atom. The molecule has 0 bridgehead atoms. The first-order valence-electron chi connectivity index (χ1n) is 13.9. The molecule has 3 saturated carbocycles. The van der Waals surface area contributed by atoms with E-state index in [0.29, 0.717) is 45.1 Å². The van der Waals surface area contributed by atoms with Gasteiger partial charge in [0.05, 0.1) is 11.8 Å². The fourth-order valence-corrected chi connectivity index (χ4v) is 8.94. The lowest BCUT2D eigenvalue weighted by molar-refractivity contribution is -0.181. The van der Waals surface area contributed by atoms with Gasteiger partial charge in [-0.25, -0.2) is 4.79 Å². The van der Waals surface area contributed by atoms with Crippen molar-refractivity contribution in [1.82, 2.24) is 4.90 Å². The van der Waals surface area contributed by atoms with Crippen molar-refractivity contribution < 1.29 is 39.6 Å². The number of carboxylic acid groups (broad SMARTS) is 1. The number of hydrogen-bond donors (Lipinski definition) is 4. The molecule has 4 aliphatic carbocycles. The summed E-state index contributed by atoms with van der Waals surface area (Å²) >= 11 is 0. The van der Waals surface area contributed by atoms with E-state index in [1.165, 1.54) is 10.5 Å². The molecule has 8 atom stereocenters. The Kier molecular flexibility index (Phi) is 6.97. The molecule has 5 rings (SSSR count). The summed E-state index contributed by atoms with van der Waals surface area (Å²) in [5, 5.41) is 45.9. The van der Waals surface area contributed by atoms with E-state index in [9.17, 15) is 34.8 Å². The fourth-order valence-electron chi connectivity index (χ4n) is 8.94. The van der Waals surface area contributed by atoms with E-state index < -0.39 is 41.5 Å². The van der Waals surface area contributed by atoms with E-state index in [1.54, 1.807) is 0 Å². The molecule has 1 saturated heterocycles. The lowest BCUT2D eigenvalue weighted by Crippen LogP contribution is -2.62. The maximum atomic E-state index is 12.6. The van der Waals surface area contributed by atoms with Crippen molar-refractivity contribution in [2.24, 2.45) is 33.7 Å². The smallest absolute Gasteiger partial charge is 0.326 e. The van der Waals surface area contributed by atoms with Gasteiger partial charge in [-0.1, -0.05) is 24.6 Å². The van der Waals surface area contributed by atoms with Crippen molar-refractivity contribution in [3.63, 3.8) is 0 Å². The first-order valence-corrected chi connectivity index (χ1v) is 13.9. The zero-order valence-corrected chi connectivity index (χ0v) is 22.3. The minimum absolute atomic E-state index is 0.000631. The number of carbonyl (C=O) groups is 3. The Morgan fingerprint density at radius 1 is 1.16 bits per heavy atom. The van der Waals surface area contributed by atoms with E-state index in [1.807, 2.05) is 13.0 Å². The highest BCUT2D eigenvalue weighted by molar-refractivity contribution is 5.96. The van der Waals surface area contributed by atoms with Crippen molar-refractivity contribution in [3.05, 3.63) is 11.6 Å². The first-order chi connectivity index (χ1) is 18.0. The molecule has 0 aromatic rings. The number of likely N-dealkylation sites (tertiary alicyclic amines) is 1. The van der Waals surface area contributed by atoms with Crippen LogP contribution in [-0.2, 0) is 19.2 Å². The molecule has 5 aliphatic rings. The average molecular weight is 533 g/mol. The normalized spacial score (nSPS) is 43.2. The predicted molar refractivity (Wildman–Crippen MR) is 136 cm³/mol. The summed E-state index contributed by atoms with van der Waals surface area (Å²) in [5.74, 6) is -1.66. The Morgan fingerprint density at radius 3 is 2.63 bits per heavy atom. The van der Waals surface area contributed by atoms with E-state index >= 15 is 0 Å². The third-order valence-corrected chi connectivity index (χ3v) is 10.9. The summed E-state index contributed by atoms with van der Waals surface area (Å²) in [6.45, 7) is 3.53. The molecule has 0 aromatic carbocycles. The Labute approximate surface area is 222 Å². The van der Waals surface area contributed by atoms with Gasteiger partial charge in [0.1, 0.15) is 18.2 Å². The van der Waals surface area contributed by atoms with Crippen LogP contribution >= 0.6 is 0 Å². The molecule has 1 amide bonds. The van der Waals surface area contributed by atoms with Gasteiger partial charge in [-0.2, -0.15) is 0 Å². The van der Waals surface area contributed by atoms with Crippen molar-refractivity contribution in [2.75, 3.05) is 19.8 Å². The van der Waals surface area contributed by atoms with Crippen LogP contribution in [-0.4, -0.2) is 86.2 Å². The number of fused-ring (bicyclic) bond motifs is 5. The zero-order valence-electron chi connectivity index (χ0n) is 22.3. The number of aliphatic hydroxyl groups is 3. The molecule has 4 N–H and O–H groups in total. The fraction of sp³-hybridized carbons (Fsp3) is 0.786. The summed E-state index contributed by atoms with van der Waals surface area (Å²) in [7, 11) is 0. The van der Waals surface area contributed by atoms with E-state index in [2.05, 4.69) is 12.1 Å². The van der Waals surface area contributed by atoms with Gasteiger partial charge >= 0.3 is 5.97 Å². The van der Waals surface area contributed by atoms with E-state index in [-0.39, 0.29) is 35.7 Å². The van der Waals surface area contributed by atoms with Crippen LogP contribution in [0.15, 0.2) is 16.8 Å². The van der Waals surface area contributed by atoms with Gasteiger partial charge < -0.3 is 30.2 Å². The van der Waals surface area contributed by atoms with Gasteiger partial charge in [-0.05, 0) is 87.0 Å². The summed E-state index contributed by atoms with van der Waals surface area (Å²) in [4.78, 5) is 43.1. The molecule has 0 spiro atoms. The standard InChI is InChI=1S/C28H40N2O8/c1-26-9-7-17(29-38-15-23(34)30-11-3-4-20(30)25(35)36)12-16(26)5-6-18-19-8-10-28(37,22(33)14-31)27(19,2)13-21(32)24(18)26/h12,18-21,24,31-32,37H,3-11,13-15H2,1-2H3,(H,35,36)/b29-17-/t18-,19-,20+,21-,24-,26+,27+,28+/m1/s1. The maximum absolute atomic E-state index is 12.6. The van der Waals surface area contributed by atoms with Crippen LogP contribution in [0.2, 0.25) is 0 Å². The topological polar surface area (TPSA) is 157 Å². The highest BCUT2D eigenvalue weighted by Crippen LogP contribution is 2.67. The van der Waals surface area contributed by atoms with Crippen molar-refractivity contribution >= 4 is 23.4 Å². The molecule has 1 heterocycles. The number of amides is 1. The molecule has 4 fully saturated rings. The van der Waals surface area contributed by atoms with Crippen LogP contribution in [0.1, 0.15) is 71.6 Å². The second kappa shape index (κ2) is 9.71. The molecule has 1 aliphatic heterocycles. The maximum Gasteiger partial charge on any atom is 0.326 e. The summed E-state index contributed by atoms with van der Waals surface area (Å²) in [5.41, 5.74) is -0.673. The van der Waals surface area contributed by atoms with Gasteiger partial charge in [0, 0.05) is 12.0 Å². The predicted octanol–water partition coefficient (Wildman–Crippen LogP) is 1.66. The Hall–Kier alpha value is -2.30. The quantitative estimate of drug-likeness (QED) is 0.376. The Bertz CT molecular complexity index is 1070. The minimum Gasteiger partial charge on any atom is -0.480 e. The zero-order chi connectivity index (χ0) is 27.5. The molecule has 0 unspecified atom stereocenters. The Balaban J connectivity index is 1.29. The van der Waals surface area contributed by atoms with E-state index in [4.69, 9.17) is 4.84 Å². The largest absolute Gasteiger partial charge is 0.480 e. The first kappa shape index (κ1) is 27.3.